The molecule has 0 radical (unpaired) electrons. The van der Waals surface area contributed by atoms with Crippen LogP contribution < -0.4 is 0 Å². The normalized spacial score (nSPS) is 9.08. The second-order valence-corrected chi connectivity index (χ2v) is 2.59. The minimum absolute atomic E-state index is 0.0953. The molecule has 1 rings (SSSR count). The molecule has 0 bridgehead atoms. The van der Waals surface area contributed by atoms with Gasteiger partial charge in [-0.05, 0) is 13.8 Å². The van der Waals surface area contributed by atoms with E-state index in [-0.39, 0.29) is 5.69 Å². The van der Waals surface area contributed by atoms with Crippen molar-refractivity contribution in [3.8, 4) is 11.8 Å². The van der Waals surface area contributed by atoms with E-state index in [0.29, 0.717) is 12.1 Å². The van der Waals surface area contributed by atoms with Crippen LogP contribution in [-0.2, 0) is 6.54 Å². The molecular weight excluding hydrogens is 168 g/mol. The van der Waals surface area contributed by atoms with Crippen LogP contribution in [0.1, 0.15) is 23.0 Å². The lowest BCUT2D eigenvalue weighted by molar-refractivity contribution is 0.0689. The van der Waals surface area contributed by atoms with Crippen LogP contribution in [0.25, 0.3) is 0 Å². The van der Waals surface area contributed by atoms with E-state index in [0.717, 1.165) is 0 Å². The average molecular weight is 178 g/mol. The number of aryl methyl sites for hydroxylation is 1. The van der Waals surface area contributed by atoms with E-state index in [1.54, 1.807) is 20.0 Å². The predicted molar refractivity (Wildman–Crippen MR) is 47.4 cm³/mol. The molecule has 13 heavy (non-hydrogen) atoms. The van der Waals surface area contributed by atoms with E-state index >= 15 is 0 Å². The summed E-state index contributed by atoms with van der Waals surface area (Å²) in [5.74, 6) is 4.52. The maximum absolute atomic E-state index is 10.6. The lowest BCUT2D eigenvalue weighted by Crippen LogP contribution is -2.02. The van der Waals surface area contributed by atoms with Crippen molar-refractivity contribution in [3.63, 3.8) is 0 Å². The van der Waals surface area contributed by atoms with Crippen molar-refractivity contribution in [1.29, 1.82) is 0 Å². The molecule has 0 saturated heterocycles. The number of hydrogen-bond acceptors (Lipinski definition) is 2. The van der Waals surface area contributed by atoms with E-state index in [1.807, 2.05) is 0 Å². The highest BCUT2D eigenvalue weighted by Gasteiger charge is 2.11. The Bertz CT molecular complexity index is 382. The summed E-state index contributed by atoms with van der Waals surface area (Å²) in [6, 6.07) is 0. The Morgan fingerprint density at radius 2 is 2.46 bits per heavy atom. The summed E-state index contributed by atoms with van der Waals surface area (Å²) in [5.41, 5.74) is 0.753. The molecule has 68 valence electrons. The van der Waals surface area contributed by atoms with Gasteiger partial charge in [-0.1, -0.05) is 5.92 Å². The SMILES string of the molecule is CC#CCn1cc(C)c(C(=O)O)n1. The van der Waals surface area contributed by atoms with Crippen LogP contribution in [0.15, 0.2) is 6.20 Å². The fourth-order valence-corrected chi connectivity index (χ4v) is 0.973. The minimum Gasteiger partial charge on any atom is -0.476 e. The number of rotatable bonds is 2. The summed E-state index contributed by atoms with van der Waals surface area (Å²) in [4.78, 5) is 10.6. The van der Waals surface area contributed by atoms with Gasteiger partial charge in [0.2, 0.25) is 0 Å². The van der Waals surface area contributed by atoms with Gasteiger partial charge in [0.05, 0.1) is 0 Å². The standard InChI is InChI=1S/C9H10N2O2/c1-3-4-5-11-6-7(2)8(10-11)9(12)13/h6H,5H2,1-2H3,(H,12,13). The van der Waals surface area contributed by atoms with E-state index in [2.05, 4.69) is 16.9 Å². The van der Waals surface area contributed by atoms with Crippen LogP contribution in [0.4, 0.5) is 0 Å². The van der Waals surface area contributed by atoms with Gasteiger partial charge in [-0.2, -0.15) is 5.10 Å². The first-order chi connectivity index (χ1) is 6.15. The van der Waals surface area contributed by atoms with Crippen molar-refractivity contribution < 1.29 is 9.90 Å². The number of aromatic carboxylic acids is 1. The summed E-state index contributed by atoms with van der Waals surface area (Å²) < 4.78 is 1.52. The van der Waals surface area contributed by atoms with Gasteiger partial charge < -0.3 is 5.11 Å². The molecule has 0 saturated carbocycles. The first-order valence-corrected chi connectivity index (χ1v) is 3.82. The van der Waals surface area contributed by atoms with Gasteiger partial charge in [0.15, 0.2) is 5.69 Å². The molecule has 1 aromatic rings. The van der Waals surface area contributed by atoms with Gasteiger partial charge in [0.1, 0.15) is 6.54 Å². The molecule has 4 nitrogen and oxygen atoms in total. The molecule has 0 amide bonds. The Kier molecular flexibility index (Phi) is 2.70. The molecule has 1 heterocycles. The van der Waals surface area contributed by atoms with Gasteiger partial charge in [-0.25, -0.2) is 4.79 Å². The monoisotopic (exact) mass is 178 g/mol. The maximum Gasteiger partial charge on any atom is 0.356 e. The predicted octanol–water partition coefficient (Wildman–Crippen LogP) is 0.913. The molecule has 0 fully saturated rings. The molecule has 0 aliphatic heterocycles. The van der Waals surface area contributed by atoms with Crippen LogP contribution in [0.5, 0.6) is 0 Å². The zero-order valence-corrected chi connectivity index (χ0v) is 7.53. The van der Waals surface area contributed by atoms with E-state index in [9.17, 15) is 4.79 Å². The van der Waals surface area contributed by atoms with Crippen LogP contribution >= 0.6 is 0 Å². The first-order valence-electron chi connectivity index (χ1n) is 3.82. The summed E-state index contributed by atoms with van der Waals surface area (Å²) in [7, 11) is 0. The quantitative estimate of drug-likeness (QED) is 0.685. The second-order valence-electron chi connectivity index (χ2n) is 2.59. The summed E-state index contributed by atoms with van der Waals surface area (Å²) in [6.07, 6.45) is 1.67. The highest BCUT2D eigenvalue weighted by Crippen LogP contribution is 2.04. The van der Waals surface area contributed by atoms with Gasteiger partial charge in [-0.15, -0.1) is 5.92 Å². The van der Waals surface area contributed by atoms with E-state index < -0.39 is 5.97 Å². The first kappa shape index (κ1) is 9.33. The Labute approximate surface area is 76.2 Å². The molecule has 0 unspecified atom stereocenters. The molecule has 0 aliphatic carbocycles. The summed E-state index contributed by atoms with van der Waals surface area (Å²) in [6.45, 7) is 3.88. The van der Waals surface area contributed by atoms with Crippen LogP contribution in [0.2, 0.25) is 0 Å². The highest BCUT2D eigenvalue weighted by molar-refractivity contribution is 5.86. The summed E-state index contributed by atoms with van der Waals surface area (Å²) >= 11 is 0. The van der Waals surface area contributed by atoms with Crippen molar-refractivity contribution in [2.75, 3.05) is 0 Å². The molecule has 0 aliphatic rings. The Morgan fingerprint density at radius 3 is 2.92 bits per heavy atom. The average Bonchev–Trinajstić information content (AvgIpc) is 2.43. The van der Waals surface area contributed by atoms with Crippen molar-refractivity contribution >= 4 is 5.97 Å². The molecular formula is C9H10N2O2. The number of aromatic nitrogens is 2. The zero-order valence-electron chi connectivity index (χ0n) is 7.53. The number of carboxylic acid groups (broad SMARTS) is 1. The van der Waals surface area contributed by atoms with Crippen molar-refractivity contribution in [2.24, 2.45) is 0 Å². The molecule has 4 heteroatoms. The molecule has 1 aromatic heterocycles. The largest absolute Gasteiger partial charge is 0.476 e. The molecule has 0 spiro atoms. The number of carboxylic acids is 1. The smallest absolute Gasteiger partial charge is 0.356 e. The van der Waals surface area contributed by atoms with Crippen molar-refractivity contribution in [3.05, 3.63) is 17.5 Å². The minimum atomic E-state index is -0.999. The fraction of sp³-hybridized carbons (Fsp3) is 0.333. The Balaban J connectivity index is 2.93. The summed E-state index contributed by atoms with van der Waals surface area (Å²) in [5, 5.41) is 12.6. The third kappa shape index (κ3) is 2.09. The van der Waals surface area contributed by atoms with Crippen molar-refractivity contribution in [1.82, 2.24) is 9.78 Å². The Hall–Kier alpha value is -1.76. The number of nitrogens with zero attached hydrogens (tertiary/aromatic N) is 2. The third-order valence-corrected chi connectivity index (χ3v) is 1.57. The van der Waals surface area contributed by atoms with Crippen molar-refractivity contribution in [2.45, 2.75) is 20.4 Å². The van der Waals surface area contributed by atoms with Gasteiger partial charge in [-0.3, -0.25) is 4.68 Å². The van der Waals surface area contributed by atoms with Crippen LogP contribution in [0.3, 0.4) is 0 Å². The van der Waals surface area contributed by atoms with E-state index in [1.165, 1.54) is 4.68 Å². The lowest BCUT2D eigenvalue weighted by atomic mass is 10.3. The topological polar surface area (TPSA) is 55.1 Å². The third-order valence-electron chi connectivity index (χ3n) is 1.57. The fourth-order valence-electron chi connectivity index (χ4n) is 0.973. The molecule has 1 N–H and O–H groups in total. The van der Waals surface area contributed by atoms with E-state index in [4.69, 9.17) is 5.11 Å². The van der Waals surface area contributed by atoms with Gasteiger partial charge in [0, 0.05) is 11.8 Å². The van der Waals surface area contributed by atoms with Gasteiger partial charge in [0.25, 0.3) is 0 Å². The lowest BCUT2D eigenvalue weighted by Gasteiger charge is -1.90. The molecule has 0 atom stereocenters. The second kappa shape index (κ2) is 3.76. The number of carbonyl (C=O) groups is 1. The van der Waals surface area contributed by atoms with Crippen LogP contribution in [-0.4, -0.2) is 20.9 Å². The number of hydrogen-bond donors (Lipinski definition) is 1. The highest BCUT2D eigenvalue weighted by atomic mass is 16.4. The van der Waals surface area contributed by atoms with Gasteiger partial charge >= 0.3 is 5.97 Å². The Morgan fingerprint density at radius 1 is 1.77 bits per heavy atom. The molecule has 0 aromatic carbocycles. The van der Waals surface area contributed by atoms with Crippen LogP contribution in [0, 0.1) is 18.8 Å². The maximum atomic E-state index is 10.6. The zero-order chi connectivity index (χ0) is 9.84.